The number of hydrogen-bond donors (Lipinski definition) is 2. The number of rotatable bonds is 4. The molecule has 0 unspecified atom stereocenters. The third-order valence-corrected chi connectivity index (χ3v) is 3.77. The highest BCUT2D eigenvalue weighted by Crippen LogP contribution is 2.24. The molecule has 0 aromatic heterocycles. The van der Waals surface area contributed by atoms with E-state index in [0.29, 0.717) is 26.9 Å². The zero-order valence-corrected chi connectivity index (χ0v) is 13.7. The van der Waals surface area contributed by atoms with Crippen LogP contribution in [0.25, 0.3) is 0 Å². The van der Waals surface area contributed by atoms with Gasteiger partial charge in [0.1, 0.15) is 5.75 Å². The highest BCUT2D eigenvalue weighted by molar-refractivity contribution is 6.36. The first-order valence-corrected chi connectivity index (χ1v) is 7.43. The molecule has 0 aliphatic rings. The van der Waals surface area contributed by atoms with Gasteiger partial charge in [-0.15, -0.1) is 0 Å². The lowest BCUT2D eigenvalue weighted by atomic mass is 10.1. The van der Waals surface area contributed by atoms with Crippen molar-refractivity contribution in [2.75, 3.05) is 7.11 Å². The second-order valence-corrected chi connectivity index (χ2v) is 5.42. The Bertz CT molecular complexity index is 698. The van der Waals surface area contributed by atoms with Gasteiger partial charge in [-0.05, 0) is 42.0 Å². The second kappa shape index (κ2) is 7.85. The molecular formula is C16H14Cl2N2O3. The molecule has 0 saturated carbocycles. The molecule has 0 heterocycles. The molecule has 0 atom stereocenters. The number of halogens is 2. The smallest absolute Gasteiger partial charge is 0.269 e. The van der Waals surface area contributed by atoms with Gasteiger partial charge in [-0.1, -0.05) is 29.3 Å². The van der Waals surface area contributed by atoms with Gasteiger partial charge in [0.2, 0.25) is 5.91 Å². The normalized spacial score (nSPS) is 10.0. The van der Waals surface area contributed by atoms with Crippen LogP contribution in [0.3, 0.4) is 0 Å². The maximum atomic E-state index is 11.9. The number of hydrazine groups is 1. The summed E-state index contributed by atoms with van der Waals surface area (Å²) in [6.45, 7) is 0. The van der Waals surface area contributed by atoms with Crippen molar-refractivity contribution in [2.45, 2.75) is 6.42 Å². The highest BCUT2D eigenvalue weighted by Gasteiger charge is 2.12. The summed E-state index contributed by atoms with van der Waals surface area (Å²) in [4.78, 5) is 23.8. The predicted octanol–water partition coefficient (Wildman–Crippen LogP) is 3.01. The molecule has 2 amide bonds. The fourth-order valence-corrected chi connectivity index (χ4v) is 2.38. The van der Waals surface area contributed by atoms with Crippen molar-refractivity contribution in [3.8, 4) is 5.75 Å². The van der Waals surface area contributed by atoms with Crippen molar-refractivity contribution in [3.05, 3.63) is 63.6 Å². The Morgan fingerprint density at radius 2 is 1.61 bits per heavy atom. The predicted molar refractivity (Wildman–Crippen MR) is 88.8 cm³/mol. The summed E-state index contributed by atoms with van der Waals surface area (Å²) in [5.41, 5.74) is 5.55. The van der Waals surface area contributed by atoms with E-state index in [2.05, 4.69) is 10.9 Å². The highest BCUT2D eigenvalue weighted by atomic mass is 35.5. The maximum Gasteiger partial charge on any atom is 0.269 e. The molecule has 0 fully saturated rings. The molecule has 2 N–H and O–H groups in total. The third kappa shape index (κ3) is 4.61. The quantitative estimate of drug-likeness (QED) is 0.831. The number of benzene rings is 2. The van der Waals surface area contributed by atoms with E-state index in [4.69, 9.17) is 27.9 Å². The minimum atomic E-state index is -0.439. The van der Waals surface area contributed by atoms with E-state index in [1.165, 1.54) is 7.11 Å². The van der Waals surface area contributed by atoms with Crippen LogP contribution >= 0.6 is 23.2 Å². The molecule has 5 nitrogen and oxygen atoms in total. The van der Waals surface area contributed by atoms with Crippen molar-refractivity contribution in [1.82, 2.24) is 10.9 Å². The molecule has 0 spiro atoms. The van der Waals surface area contributed by atoms with Gasteiger partial charge >= 0.3 is 0 Å². The second-order valence-electron chi connectivity index (χ2n) is 4.61. The number of ether oxygens (including phenoxy) is 1. The van der Waals surface area contributed by atoms with Crippen molar-refractivity contribution in [1.29, 1.82) is 0 Å². The number of hydrogen-bond acceptors (Lipinski definition) is 3. The van der Waals surface area contributed by atoms with Crippen LogP contribution in [0, 0.1) is 0 Å². The lowest BCUT2D eigenvalue weighted by Gasteiger charge is -2.09. The first kappa shape index (κ1) is 17.1. The van der Waals surface area contributed by atoms with Crippen molar-refractivity contribution >= 4 is 35.0 Å². The molecule has 0 aliphatic carbocycles. The average Bonchev–Trinajstić information content (AvgIpc) is 2.56. The summed E-state index contributed by atoms with van der Waals surface area (Å²) in [5, 5.41) is 0.795. The lowest BCUT2D eigenvalue weighted by molar-refractivity contribution is -0.121. The molecule has 23 heavy (non-hydrogen) atoms. The van der Waals surface area contributed by atoms with Crippen LogP contribution < -0.4 is 15.6 Å². The van der Waals surface area contributed by atoms with E-state index in [0.717, 1.165) is 0 Å². The van der Waals surface area contributed by atoms with Gasteiger partial charge < -0.3 is 4.74 Å². The van der Waals surface area contributed by atoms with E-state index in [1.54, 1.807) is 42.5 Å². The number of amides is 2. The SMILES string of the molecule is COc1ccc(C(=O)NNC(=O)Cc2c(Cl)cccc2Cl)cc1. The largest absolute Gasteiger partial charge is 0.497 e. The molecule has 2 aromatic carbocycles. The van der Waals surface area contributed by atoms with E-state index >= 15 is 0 Å². The zero-order valence-electron chi connectivity index (χ0n) is 12.2. The molecular weight excluding hydrogens is 339 g/mol. The standard InChI is InChI=1S/C16H14Cl2N2O3/c1-23-11-7-5-10(6-8-11)16(22)20-19-15(21)9-12-13(17)3-2-4-14(12)18/h2-8H,9H2,1H3,(H,19,21)(H,20,22). The Kier molecular flexibility index (Phi) is 5.84. The Balaban J connectivity index is 1.92. The van der Waals surface area contributed by atoms with Gasteiger partial charge in [0.15, 0.2) is 0 Å². The molecule has 0 radical (unpaired) electrons. The van der Waals surface area contributed by atoms with Gasteiger partial charge in [-0.25, -0.2) is 0 Å². The van der Waals surface area contributed by atoms with E-state index in [-0.39, 0.29) is 6.42 Å². The summed E-state index contributed by atoms with van der Waals surface area (Å²) in [6, 6.07) is 11.5. The maximum absolute atomic E-state index is 11.9. The molecule has 120 valence electrons. The summed E-state index contributed by atoms with van der Waals surface area (Å²) in [5.74, 6) is -0.230. The van der Waals surface area contributed by atoms with Crippen LogP contribution in [0.4, 0.5) is 0 Å². The lowest BCUT2D eigenvalue weighted by Crippen LogP contribution is -2.42. The molecule has 0 saturated heterocycles. The van der Waals surface area contributed by atoms with Gasteiger partial charge in [-0.3, -0.25) is 20.4 Å². The van der Waals surface area contributed by atoms with E-state index in [9.17, 15) is 9.59 Å². The molecule has 0 aliphatic heterocycles. The number of carbonyl (C=O) groups is 2. The summed E-state index contributed by atoms with van der Waals surface area (Å²) in [7, 11) is 1.54. The Morgan fingerprint density at radius 1 is 1.00 bits per heavy atom. The van der Waals surface area contributed by atoms with Gasteiger partial charge in [0.05, 0.1) is 13.5 Å². The topological polar surface area (TPSA) is 67.4 Å². The Labute approximate surface area is 143 Å². The molecule has 7 heteroatoms. The van der Waals surface area contributed by atoms with Crippen LogP contribution in [-0.4, -0.2) is 18.9 Å². The van der Waals surface area contributed by atoms with E-state index in [1.807, 2.05) is 0 Å². The zero-order chi connectivity index (χ0) is 16.8. The van der Waals surface area contributed by atoms with Crippen LogP contribution in [-0.2, 0) is 11.2 Å². The number of methoxy groups -OCH3 is 1. The van der Waals surface area contributed by atoms with E-state index < -0.39 is 11.8 Å². The van der Waals surface area contributed by atoms with Crippen molar-refractivity contribution in [3.63, 3.8) is 0 Å². The number of nitrogens with one attached hydrogen (secondary N) is 2. The summed E-state index contributed by atoms with van der Waals surface area (Å²) in [6.07, 6.45) is -0.0403. The number of carbonyl (C=O) groups excluding carboxylic acids is 2. The Morgan fingerprint density at radius 3 is 2.17 bits per heavy atom. The van der Waals surface area contributed by atoms with Crippen LogP contribution in [0.5, 0.6) is 5.75 Å². The fraction of sp³-hybridized carbons (Fsp3) is 0.125. The van der Waals surface area contributed by atoms with Crippen LogP contribution in [0.15, 0.2) is 42.5 Å². The summed E-state index contributed by atoms with van der Waals surface area (Å²) >= 11 is 12.0. The summed E-state index contributed by atoms with van der Waals surface area (Å²) < 4.78 is 5.01. The van der Waals surface area contributed by atoms with Crippen LogP contribution in [0.1, 0.15) is 15.9 Å². The van der Waals surface area contributed by atoms with Gasteiger partial charge in [0.25, 0.3) is 5.91 Å². The minimum Gasteiger partial charge on any atom is -0.497 e. The minimum absolute atomic E-state index is 0.0403. The van der Waals surface area contributed by atoms with Gasteiger partial charge in [-0.2, -0.15) is 0 Å². The average molecular weight is 353 g/mol. The van der Waals surface area contributed by atoms with Crippen molar-refractivity contribution < 1.29 is 14.3 Å². The molecule has 0 bridgehead atoms. The first-order valence-electron chi connectivity index (χ1n) is 6.67. The van der Waals surface area contributed by atoms with Gasteiger partial charge in [0, 0.05) is 15.6 Å². The first-order chi connectivity index (χ1) is 11.0. The Hall–Kier alpha value is -2.24. The fourth-order valence-electron chi connectivity index (χ4n) is 1.85. The van der Waals surface area contributed by atoms with Crippen LogP contribution in [0.2, 0.25) is 10.0 Å². The molecule has 2 rings (SSSR count). The third-order valence-electron chi connectivity index (χ3n) is 3.07. The monoisotopic (exact) mass is 352 g/mol. The molecule has 2 aromatic rings. The van der Waals surface area contributed by atoms with Crippen molar-refractivity contribution in [2.24, 2.45) is 0 Å².